The number of aliphatic carboxylic acids is 1. The Morgan fingerprint density at radius 3 is 2.27 bits per heavy atom. The Kier molecular flexibility index (Phi) is 5.91. The van der Waals surface area contributed by atoms with Crippen LogP contribution in [0.4, 0.5) is 0 Å². The zero-order valence-electron chi connectivity index (χ0n) is 19.8. The predicted octanol–water partition coefficient (Wildman–Crippen LogP) is 7.88. The fourth-order valence-electron chi connectivity index (χ4n) is 5.01. The van der Waals surface area contributed by atoms with Crippen LogP contribution in [0.25, 0.3) is 27.5 Å². The fraction of sp³-hybridized carbons (Fsp3) is 0.0938. The largest absolute Gasteiger partial charge is 0.479 e. The van der Waals surface area contributed by atoms with E-state index in [0.717, 1.165) is 27.5 Å². The lowest BCUT2D eigenvalue weighted by atomic mass is 9.82. The number of rotatable bonds is 6. The smallest absolute Gasteiger partial charge is 0.337 e. The number of para-hydroxylation sites is 2. The molecule has 0 bridgehead atoms. The maximum atomic E-state index is 12.5. The second kappa shape index (κ2) is 9.40. The number of allylic oxidation sites excluding steroid dienone is 2. The minimum absolute atomic E-state index is 0.529. The summed E-state index contributed by atoms with van der Waals surface area (Å²) in [4.78, 5) is 12.5. The highest BCUT2D eigenvalue weighted by Gasteiger charge is 2.45. The molecule has 182 valence electrons. The molecular weight excluding hydrogens is 484 g/mol. The van der Waals surface area contributed by atoms with Crippen molar-refractivity contribution < 1.29 is 19.1 Å². The van der Waals surface area contributed by atoms with Crippen molar-refractivity contribution >= 4 is 45.1 Å². The third-order valence-corrected chi connectivity index (χ3v) is 7.27. The number of fused-ring (bicyclic) bond motifs is 3. The molecule has 4 aromatic carbocycles. The molecule has 0 fully saturated rings. The molecule has 0 radical (unpaired) electrons. The monoisotopic (exact) mass is 506 g/mol. The molecule has 1 aliphatic rings. The summed E-state index contributed by atoms with van der Waals surface area (Å²) in [5, 5.41) is 11.4. The van der Waals surface area contributed by atoms with Gasteiger partial charge in [-0.15, -0.1) is 11.6 Å². The summed E-state index contributed by atoms with van der Waals surface area (Å²) in [6.45, 7) is 0. The van der Waals surface area contributed by atoms with Crippen molar-refractivity contribution in [3.8, 4) is 0 Å². The number of carboxylic acids is 1. The SMILES string of the molecule is O=C(O)C(OC1(c2cccc3c2oc2ccccc23)C=CC(c2ccccc2)=CC1Cl)c1ccccc1. The van der Waals surface area contributed by atoms with Gasteiger partial charge in [-0.1, -0.05) is 109 Å². The Balaban J connectivity index is 1.56. The minimum atomic E-state index is -1.31. The molecular formula is C32H23ClO4. The molecule has 1 N–H and O–H groups in total. The van der Waals surface area contributed by atoms with Crippen molar-refractivity contribution in [2.75, 3.05) is 0 Å². The lowest BCUT2D eigenvalue weighted by Gasteiger charge is -2.39. The van der Waals surface area contributed by atoms with E-state index in [1.807, 2.05) is 97.1 Å². The van der Waals surface area contributed by atoms with Crippen LogP contribution in [-0.2, 0) is 15.1 Å². The van der Waals surface area contributed by atoms with Crippen LogP contribution >= 0.6 is 11.6 Å². The van der Waals surface area contributed by atoms with E-state index in [9.17, 15) is 9.90 Å². The number of carbonyl (C=O) groups is 1. The first-order chi connectivity index (χ1) is 18.1. The molecule has 37 heavy (non-hydrogen) atoms. The van der Waals surface area contributed by atoms with Crippen molar-refractivity contribution in [3.63, 3.8) is 0 Å². The summed E-state index contributed by atoms with van der Waals surface area (Å²) < 4.78 is 12.9. The number of furan rings is 1. The first-order valence-electron chi connectivity index (χ1n) is 12.0. The van der Waals surface area contributed by atoms with Gasteiger partial charge in [-0.3, -0.25) is 0 Å². The summed E-state index contributed by atoms with van der Waals surface area (Å²) in [5.41, 5.74) is 3.19. The van der Waals surface area contributed by atoms with Gasteiger partial charge in [0.2, 0.25) is 0 Å². The molecule has 6 rings (SSSR count). The van der Waals surface area contributed by atoms with Crippen molar-refractivity contribution in [2.45, 2.75) is 17.1 Å². The number of carboxylic acid groups (broad SMARTS) is 1. The lowest BCUT2D eigenvalue weighted by Crippen LogP contribution is -2.40. The number of hydrogen-bond acceptors (Lipinski definition) is 3. The summed E-state index contributed by atoms with van der Waals surface area (Å²) in [6.07, 6.45) is 4.48. The highest BCUT2D eigenvalue weighted by Crippen LogP contribution is 2.47. The van der Waals surface area contributed by atoms with Crippen LogP contribution in [0.1, 0.15) is 22.8 Å². The number of halogens is 1. The highest BCUT2D eigenvalue weighted by atomic mass is 35.5. The molecule has 0 amide bonds. The normalized spacial score (nSPS) is 20.1. The van der Waals surface area contributed by atoms with Crippen molar-refractivity contribution in [1.29, 1.82) is 0 Å². The van der Waals surface area contributed by atoms with Gasteiger partial charge in [0.1, 0.15) is 16.8 Å². The molecule has 1 aliphatic carbocycles. The van der Waals surface area contributed by atoms with E-state index in [2.05, 4.69) is 0 Å². The third kappa shape index (κ3) is 4.05. The first kappa shape index (κ1) is 23.3. The molecule has 5 aromatic rings. The summed E-state index contributed by atoms with van der Waals surface area (Å²) in [7, 11) is 0. The Morgan fingerprint density at radius 2 is 1.54 bits per heavy atom. The lowest BCUT2D eigenvalue weighted by molar-refractivity contribution is -0.161. The van der Waals surface area contributed by atoms with E-state index in [-0.39, 0.29) is 0 Å². The standard InChI is InChI=1S/C32H23ClO4/c33-28-20-23(21-10-3-1-4-11-21)18-19-32(28,37-29(31(34)35)22-12-5-2-6-13-22)26-16-9-15-25-24-14-7-8-17-27(24)36-30(25)26/h1-20,28-29H,(H,34,35). The maximum absolute atomic E-state index is 12.5. The number of benzene rings is 4. The second-order valence-electron chi connectivity index (χ2n) is 9.04. The minimum Gasteiger partial charge on any atom is -0.479 e. The average Bonchev–Trinajstić information content (AvgIpc) is 3.32. The van der Waals surface area contributed by atoms with Gasteiger partial charge in [0.25, 0.3) is 0 Å². The first-order valence-corrected chi connectivity index (χ1v) is 12.5. The van der Waals surface area contributed by atoms with E-state index in [1.165, 1.54) is 0 Å². The van der Waals surface area contributed by atoms with Crippen LogP contribution in [-0.4, -0.2) is 16.5 Å². The highest BCUT2D eigenvalue weighted by molar-refractivity contribution is 6.24. The van der Waals surface area contributed by atoms with Crippen LogP contribution < -0.4 is 0 Å². The van der Waals surface area contributed by atoms with Crippen molar-refractivity contribution in [3.05, 3.63) is 138 Å². The van der Waals surface area contributed by atoms with Gasteiger partial charge in [-0.05, 0) is 28.8 Å². The Hall–Kier alpha value is -4.12. The van der Waals surface area contributed by atoms with Crippen LogP contribution in [0.5, 0.6) is 0 Å². The average molecular weight is 507 g/mol. The van der Waals surface area contributed by atoms with Gasteiger partial charge in [0.15, 0.2) is 6.10 Å². The van der Waals surface area contributed by atoms with Crippen LogP contribution in [0, 0.1) is 0 Å². The van der Waals surface area contributed by atoms with Crippen LogP contribution in [0.3, 0.4) is 0 Å². The van der Waals surface area contributed by atoms with Gasteiger partial charge in [0.05, 0.1) is 5.38 Å². The number of ether oxygens (including phenoxy) is 1. The zero-order chi connectivity index (χ0) is 25.4. The fourth-order valence-corrected chi connectivity index (χ4v) is 5.39. The number of alkyl halides is 1. The maximum Gasteiger partial charge on any atom is 0.337 e. The van der Waals surface area contributed by atoms with Gasteiger partial charge in [-0.2, -0.15) is 0 Å². The Morgan fingerprint density at radius 1 is 0.865 bits per heavy atom. The van der Waals surface area contributed by atoms with Crippen molar-refractivity contribution in [2.24, 2.45) is 0 Å². The predicted molar refractivity (Wildman–Crippen MR) is 147 cm³/mol. The molecule has 3 atom stereocenters. The molecule has 5 heteroatoms. The Bertz CT molecular complexity index is 1650. The summed E-state index contributed by atoms with van der Waals surface area (Å²) in [5.74, 6) is -1.10. The molecule has 4 nitrogen and oxygen atoms in total. The van der Waals surface area contributed by atoms with E-state index in [4.69, 9.17) is 20.8 Å². The van der Waals surface area contributed by atoms with Gasteiger partial charge in [0, 0.05) is 16.3 Å². The van der Waals surface area contributed by atoms with Gasteiger partial charge >= 0.3 is 5.97 Å². The zero-order valence-corrected chi connectivity index (χ0v) is 20.5. The van der Waals surface area contributed by atoms with E-state index < -0.39 is 23.1 Å². The third-order valence-electron chi connectivity index (χ3n) is 6.82. The van der Waals surface area contributed by atoms with E-state index in [1.54, 1.807) is 24.3 Å². The van der Waals surface area contributed by atoms with Crippen molar-refractivity contribution in [1.82, 2.24) is 0 Å². The van der Waals surface area contributed by atoms with Gasteiger partial charge < -0.3 is 14.3 Å². The molecule has 0 aliphatic heterocycles. The quantitative estimate of drug-likeness (QED) is 0.238. The summed E-state index contributed by atoms with van der Waals surface area (Å²) in [6, 6.07) is 32.5. The van der Waals surface area contributed by atoms with E-state index in [0.29, 0.717) is 16.7 Å². The topological polar surface area (TPSA) is 59.7 Å². The summed E-state index contributed by atoms with van der Waals surface area (Å²) >= 11 is 7.17. The Labute approximate surface area is 219 Å². The molecule has 0 spiro atoms. The molecule has 0 saturated heterocycles. The van der Waals surface area contributed by atoms with Crippen LogP contribution in [0.2, 0.25) is 0 Å². The second-order valence-corrected chi connectivity index (χ2v) is 9.51. The van der Waals surface area contributed by atoms with Crippen LogP contribution in [0.15, 0.2) is 126 Å². The number of hydrogen-bond donors (Lipinski definition) is 1. The molecule has 0 saturated carbocycles. The van der Waals surface area contributed by atoms with Gasteiger partial charge in [-0.25, -0.2) is 4.79 Å². The van der Waals surface area contributed by atoms with E-state index >= 15 is 0 Å². The molecule has 1 heterocycles. The molecule has 1 aromatic heterocycles. The molecule has 3 unspecified atom stereocenters.